The topological polar surface area (TPSA) is 66.5 Å². The maximum atomic E-state index is 13.5. The molecule has 1 aliphatic heterocycles. The minimum absolute atomic E-state index is 0.250. The Hall–Kier alpha value is -2.18. The Morgan fingerprint density at radius 3 is 2.47 bits per heavy atom. The van der Waals surface area contributed by atoms with Gasteiger partial charge in [0, 0.05) is 12.2 Å². The molecule has 1 aliphatic carbocycles. The molecule has 5 nitrogen and oxygen atoms in total. The number of piperidine rings is 1. The van der Waals surface area contributed by atoms with E-state index in [1.165, 1.54) is 15.4 Å². The largest absolute Gasteiger partial charge is 0.325 e. The first-order valence-electron chi connectivity index (χ1n) is 11.0. The van der Waals surface area contributed by atoms with Gasteiger partial charge >= 0.3 is 0 Å². The summed E-state index contributed by atoms with van der Waals surface area (Å²) < 4.78 is 28.4. The Morgan fingerprint density at radius 2 is 1.73 bits per heavy atom. The van der Waals surface area contributed by atoms with Crippen molar-refractivity contribution in [2.75, 3.05) is 11.9 Å². The predicted molar refractivity (Wildman–Crippen MR) is 119 cm³/mol. The molecule has 1 amide bonds. The van der Waals surface area contributed by atoms with Crippen LogP contribution in [0.25, 0.3) is 0 Å². The van der Waals surface area contributed by atoms with Gasteiger partial charge in [0.15, 0.2) is 0 Å². The van der Waals surface area contributed by atoms with Gasteiger partial charge in [-0.25, -0.2) is 8.42 Å². The fourth-order valence-electron chi connectivity index (χ4n) is 4.51. The number of carbonyl (C=O) groups is 1. The third-order valence-corrected chi connectivity index (χ3v) is 8.22. The second kappa shape index (κ2) is 8.90. The van der Waals surface area contributed by atoms with Crippen molar-refractivity contribution in [3.63, 3.8) is 0 Å². The normalized spacial score (nSPS) is 19.8. The van der Waals surface area contributed by atoms with Crippen molar-refractivity contribution in [1.29, 1.82) is 0 Å². The zero-order chi connectivity index (χ0) is 21.1. The highest BCUT2D eigenvalue weighted by atomic mass is 32.2. The lowest BCUT2D eigenvalue weighted by molar-refractivity contribution is -0.120. The van der Waals surface area contributed by atoms with Gasteiger partial charge in [-0.15, -0.1) is 0 Å². The van der Waals surface area contributed by atoms with E-state index in [9.17, 15) is 13.2 Å². The smallest absolute Gasteiger partial charge is 0.243 e. The molecule has 1 fully saturated rings. The van der Waals surface area contributed by atoms with E-state index in [0.29, 0.717) is 23.5 Å². The van der Waals surface area contributed by atoms with E-state index >= 15 is 0 Å². The number of anilines is 1. The van der Waals surface area contributed by atoms with Gasteiger partial charge in [-0.05, 0) is 85.9 Å². The van der Waals surface area contributed by atoms with Crippen LogP contribution in [-0.4, -0.2) is 31.2 Å². The molecule has 0 bridgehead atoms. The van der Waals surface area contributed by atoms with Crippen molar-refractivity contribution in [3.05, 3.63) is 59.2 Å². The van der Waals surface area contributed by atoms with Crippen LogP contribution in [-0.2, 0) is 34.1 Å². The van der Waals surface area contributed by atoms with E-state index in [0.717, 1.165) is 50.5 Å². The van der Waals surface area contributed by atoms with Crippen molar-refractivity contribution < 1.29 is 13.2 Å². The molecule has 160 valence electrons. The molecule has 1 heterocycles. The molecular formula is C24H30N2O3S. The Kier molecular flexibility index (Phi) is 6.25. The van der Waals surface area contributed by atoms with Crippen LogP contribution in [0.5, 0.6) is 0 Å². The van der Waals surface area contributed by atoms with E-state index in [2.05, 4.69) is 12.2 Å². The Balaban J connectivity index is 1.56. The summed E-state index contributed by atoms with van der Waals surface area (Å²) in [6, 6.07) is 12.5. The van der Waals surface area contributed by atoms with Crippen LogP contribution in [0.2, 0.25) is 0 Å². The SMILES string of the molecule is CCc1ccc(NC(=O)[C@H]2CCCCN2S(=O)(=O)c2ccc3c(c2)CCCC3)cc1. The highest BCUT2D eigenvalue weighted by Crippen LogP contribution is 2.29. The van der Waals surface area contributed by atoms with Gasteiger partial charge in [-0.2, -0.15) is 4.31 Å². The number of sulfonamides is 1. The second-order valence-corrected chi connectivity index (χ2v) is 10.2. The molecule has 0 radical (unpaired) electrons. The van der Waals surface area contributed by atoms with E-state index in [4.69, 9.17) is 0 Å². The van der Waals surface area contributed by atoms with Crippen LogP contribution >= 0.6 is 0 Å². The van der Waals surface area contributed by atoms with Crippen molar-refractivity contribution in [1.82, 2.24) is 4.31 Å². The number of carbonyl (C=O) groups excluding carboxylic acids is 1. The molecule has 1 atom stereocenters. The first-order valence-corrected chi connectivity index (χ1v) is 12.5. The molecule has 1 saturated heterocycles. The number of hydrogen-bond acceptors (Lipinski definition) is 3. The molecule has 2 aromatic carbocycles. The van der Waals surface area contributed by atoms with Gasteiger partial charge in [-0.1, -0.05) is 31.5 Å². The van der Waals surface area contributed by atoms with E-state index in [-0.39, 0.29) is 5.91 Å². The number of nitrogens with zero attached hydrogens (tertiary/aromatic N) is 1. The number of aryl methyl sites for hydroxylation is 3. The molecule has 0 unspecified atom stereocenters. The van der Waals surface area contributed by atoms with Crippen LogP contribution in [0.15, 0.2) is 47.4 Å². The molecule has 0 aromatic heterocycles. The van der Waals surface area contributed by atoms with Crippen LogP contribution in [0.4, 0.5) is 5.69 Å². The fourth-order valence-corrected chi connectivity index (χ4v) is 6.22. The third-order valence-electron chi connectivity index (χ3n) is 6.31. The average molecular weight is 427 g/mol. The summed E-state index contributed by atoms with van der Waals surface area (Å²) in [4.78, 5) is 13.3. The minimum atomic E-state index is -3.72. The van der Waals surface area contributed by atoms with E-state index in [1.807, 2.05) is 36.4 Å². The van der Waals surface area contributed by atoms with Crippen molar-refractivity contribution in [2.24, 2.45) is 0 Å². The lowest BCUT2D eigenvalue weighted by atomic mass is 9.92. The Morgan fingerprint density at radius 1 is 1.00 bits per heavy atom. The second-order valence-electron chi connectivity index (χ2n) is 8.30. The summed E-state index contributed by atoms with van der Waals surface area (Å²) in [5.41, 5.74) is 4.29. The number of amides is 1. The van der Waals surface area contributed by atoms with Gasteiger partial charge in [0.1, 0.15) is 6.04 Å². The van der Waals surface area contributed by atoms with Gasteiger partial charge in [0.25, 0.3) is 0 Å². The minimum Gasteiger partial charge on any atom is -0.325 e. The standard InChI is InChI=1S/C24H30N2O3S/c1-2-18-10-13-21(14-11-18)25-24(27)23-9-5-6-16-26(23)30(28,29)22-15-12-19-7-3-4-8-20(19)17-22/h10-15,17,23H,2-9,16H2,1H3,(H,25,27)/t23-/m1/s1. The first kappa shape index (κ1) is 21.1. The van der Waals surface area contributed by atoms with Crippen molar-refractivity contribution >= 4 is 21.6 Å². The molecular weight excluding hydrogens is 396 g/mol. The molecule has 1 N–H and O–H groups in total. The number of nitrogens with one attached hydrogen (secondary N) is 1. The number of fused-ring (bicyclic) bond motifs is 1. The summed E-state index contributed by atoms with van der Waals surface area (Å²) in [6.45, 7) is 2.46. The quantitative estimate of drug-likeness (QED) is 0.775. The predicted octanol–water partition coefficient (Wildman–Crippen LogP) is 4.31. The monoisotopic (exact) mass is 426 g/mol. The lowest BCUT2D eigenvalue weighted by Gasteiger charge is -2.34. The summed E-state index contributed by atoms with van der Waals surface area (Å²) >= 11 is 0. The van der Waals surface area contributed by atoms with E-state index in [1.54, 1.807) is 6.07 Å². The molecule has 0 spiro atoms. The van der Waals surface area contributed by atoms with Gasteiger partial charge in [0.05, 0.1) is 4.90 Å². The van der Waals surface area contributed by atoms with Crippen LogP contribution < -0.4 is 5.32 Å². The van der Waals surface area contributed by atoms with Gasteiger partial charge in [0.2, 0.25) is 15.9 Å². The first-order chi connectivity index (χ1) is 14.5. The average Bonchev–Trinajstić information content (AvgIpc) is 2.79. The van der Waals surface area contributed by atoms with Crippen LogP contribution in [0.3, 0.4) is 0 Å². The van der Waals surface area contributed by atoms with Gasteiger partial charge in [-0.3, -0.25) is 4.79 Å². The maximum Gasteiger partial charge on any atom is 0.243 e. The summed E-state index contributed by atoms with van der Waals surface area (Å²) in [5.74, 6) is -0.250. The number of hydrogen-bond donors (Lipinski definition) is 1. The molecule has 6 heteroatoms. The van der Waals surface area contributed by atoms with Gasteiger partial charge < -0.3 is 5.32 Å². The molecule has 2 aliphatic rings. The fraction of sp³-hybridized carbons (Fsp3) is 0.458. The maximum absolute atomic E-state index is 13.5. The molecule has 4 rings (SSSR count). The summed E-state index contributed by atoms with van der Waals surface area (Å²) in [7, 11) is -3.72. The Bertz CT molecular complexity index is 1020. The number of benzene rings is 2. The summed E-state index contributed by atoms with van der Waals surface area (Å²) in [5, 5.41) is 2.92. The molecule has 0 saturated carbocycles. The van der Waals surface area contributed by atoms with Crippen molar-refractivity contribution in [2.45, 2.75) is 69.2 Å². The van der Waals surface area contributed by atoms with E-state index < -0.39 is 16.1 Å². The highest BCUT2D eigenvalue weighted by molar-refractivity contribution is 7.89. The zero-order valence-electron chi connectivity index (χ0n) is 17.6. The third kappa shape index (κ3) is 4.30. The van der Waals surface area contributed by atoms with Crippen LogP contribution in [0, 0.1) is 0 Å². The molecule has 30 heavy (non-hydrogen) atoms. The highest BCUT2D eigenvalue weighted by Gasteiger charge is 2.38. The van der Waals surface area contributed by atoms with Crippen molar-refractivity contribution in [3.8, 4) is 0 Å². The Labute approximate surface area is 179 Å². The lowest BCUT2D eigenvalue weighted by Crippen LogP contribution is -2.49. The number of rotatable bonds is 5. The molecule has 2 aromatic rings. The summed E-state index contributed by atoms with van der Waals surface area (Å²) in [6.07, 6.45) is 7.31. The zero-order valence-corrected chi connectivity index (χ0v) is 18.4. The van der Waals surface area contributed by atoms with Crippen LogP contribution in [0.1, 0.15) is 55.7 Å².